The average Bonchev–Trinajstić information content (AvgIpc) is 2.51. The topological polar surface area (TPSA) is 81.8 Å². The van der Waals surface area contributed by atoms with Crippen molar-refractivity contribution in [1.29, 1.82) is 0 Å². The molecule has 1 aliphatic heterocycles. The monoisotopic (exact) mass is 295 g/mol. The van der Waals surface area contributed by atoms with E-state index in [4.69, 9.17) is 9.47 Å². The van der Waals surface area contributed by atoms with E-state index in [2.05, 4.69) is 22.5 Å². The van der Waals surface area contributed by atoms with Gasteiger partial charge >= 0.3 is 0 Å². The first-order valence-corrected chi connectivity index (χ1v) is 5.64. The molecule has 16 heavy (non-hydrogen) atoms. The van der Waals surface area contributed by atoms with Gasteiger partial charge in [-0.05, 0) is 29.8 Å². The molecule has 1 rings (SSSR count). The van der Waals surface area contributed by atoms with Gasteiger partial charge in [-0.15, -0.1) is 6.58 Å². The van der Waals surface area contributed by atoms with E-state index >= 15 is 0 Å². The fraction of sp³-hybridized carbons (Fsp3) is 0.778. The fourth-order valence-corrected chi connectivity index (χ4v) is 1.85. The molecule has 6 nitrogen and oxygen atoms in total. The first-order chi connectivity index (χ1) is 7.28. The Morgan fingerprint density at radius 1 is 1.62 bits per heavy atom. The lowest BCUT2D eigenvalue weighted by atomic mass is 10.1. The van der Waals surface area contributed by atoms with Crippen LogP contribution in [0.3, 0.4) is 0 Å². The molecule has 0 radical (unpaired) electrons. The molecule has 1 N–H and O–H groups in total. The summed E-state index contributed by atoms with van der Waals surface area (Å²) < 4.78 is 10.8. The first kappa shape index (κ1) is 13.6. The highest BCUT2D eigenvalue weighted by Crippen LogP contribution is 2.32. The zero-order chi connectivity index (χ0) is 12.5. The number of aliphatic hydroxyl groups is 1. The summed E-state index contributed by atoms with van der Waals surface area (Å²) in [6.07, 6.45) is -1.21. The SMILES string of the molecule is C=C[C@H]1OC(C)(C)O[C@H]1[C@@H](O)[C@@H](Br)[N+](=O)[O-]. The molecule has 0 unspecified atom stereocenters. The fourth-order valence-electron chi connectivity index (χ4n) is 1.54. The molecule has 1 aliphatic rings. The summed E-state index contributed by atoms with van der Waals surface area (Å²) in [6, 6.07) is 0. The number of nitrogens with zero attached hydrogens (tertiary/aromatic N) is 1. The third-order valence-electron chi connectivity index (χ3n) is 2.22. The predicted molar refractivity (Wildman–Crippen MR) is 59.7 cm³/mol. The van der Waals surface area contributed by atoms with Crippen molar-refractivity contribution in [2.24, 2.45) is 0 Å². The molecule has 0 amide bonds. The minimum Gasteiger partial charge on any atom is -0.382 e. The molecule has 0 bridgehead atoms. The Labute approximate surface area is 102 Å². The van der Waals surface area contributed by atoms with Gasteiger partial charge in [-0.2, -0.15) is 0 Å². The molecule has 0 aromatic rings. The molecule has 0 aromatic carbocycles. The zero-order valence-corrected chi connectivity index (χ0v) is 10.6. The Morgan fingerprint density at radius 2 is 2.19 bits per heavy atom. The van der Waals surface area contributed by atoms with Gasteiger partial charge in [0.1, 0.15) is 12.2 Å². The van der Waals surface area contributed by atoms with Crippen LogP contribution in [-0.4, -0.2) is 39.1 Å². The number of hydrogen-bond donors (Lipinski definition) is 1. The smallest absolute Gasteiger partial charge is 0.293 e. The van der Waals surface area contributed by atoms with Crippen LogP contribution in [0.4, 0.5) is 0 Å². The van der Waals surface area contributed by atoms with Gasteiger partial charge in [-0.3, -0.25) is 10.1 Å². The predicted octanol–water partition coefficient (Wildman–Crippen LogP) is 1.05. The normalized spacial score (nSPS) is 32.0. The van der Waals surface area contributed by atoms with Crippen LogP contribution in [-0.2, 0) is 9.47 Å². The highest BCUT2D eigenvalue weighted by molar-refractivity contribution is 9.09. The number of hydrogen-bond acceptors (Lipinski definition) is 5. The molecule has 0 aliphatic carbocycles. The minimum absolute atomic E-state index is 0.565. The lowest BCUT2D eigenvalue weighted by Gasteiger charge is -2.20. The van der Waals surface area contributed by atoms with Crippen molar-refractivity contribution in [3.8, 4) is 0 Å². The third-order valence-corrected chi connectivity index (χ3v) is 3.09. The highest BCUT2D eigenvalue weighted by atomic mass is 79.9. The van der Waals surface area contributed by atoms with Gasteiger partial charge < -0.3 is 14.6 Å². The van der Waals surface area contributed by atoms with Crippen molar-refractivity contribution in [3.63, 3.8) is 0 Å². The van der Waals surface area contributed by atoms with Crippen LogP contribution in [0.1, 0.15) is 13.8 Å². The largest absolute Gasteiger partial charge is 0.382 e. The summed E-state index contributed by atoms with van der Waals surface area (Å²) in [6.45, 7) is 6.89. The minimum atomic E-state index is -1.31. The number of alkyl halides is 1. The summed E-state index contributed by atoms with van der Waals surface area (Å²) in [5.74, 6) is -0.881. The van der Waals surface area contributed by atoms with Crippen LogP contribution in [0.5, 0.6) is 0 Å². The lowest BCUT2D eigenvalue weighted by molar-refractivity contribution is -0.506. The second-order valence-corrected chi connectivity index (χ2v) is 4.89. The number of nitro groups is 1. The Balaban J connectivity index is 2.79. The molecular weight excluding hydrogens is 282 g/mol. The van der Waals surface area contributed by atoms with Crippen molar-refractivity contribution >= 4 is 15.9 Å². The number of halogens is 1. The van der Waals surface area contributed by atoms with E-state index in [1.807, 2.05) is 0 Å². The number of aliphatic hydroxyl groups excluding tert-OH is 1. The molecule has 4 atom stereocenters. The Hall–Kier alpha value is -0.500. The average molecular weight is 296 g/mol. The quantitative estimate of drug-likeness (QED) is 0.276. The first-order valence-electron chi connectivity index (χ1n) is 4.72. The van der Waals surface area contributed by atoms with E-state index in [0.29, 0.717) is 0 Å². The Kier molecular flexibility index (Phi) is 4.06. The van der Waals surface area contributed by atoms with Crippen LogP contribution < -0.4 is 0 Å². The molecule has 92 valence electrons. The summed E-state index contributed by atoms with van der Waals surface area (Å²) >= 11 is 2.79. The maximum atomic E-state index is 10.5. The van der Waals surface area contributed by atoms with E-state index in [1.54, 1.807) is 13.8 Å². The van der Waals surface area contributed by atoms with Gasteiger partial charge in [0.05, 0.1) is 0 Å². The van der Waals surface area contributed by atoms with Crippen molar-refractivity contribution in [3.05, 3.63) is 22.8 Å². The van der Waals surface area contributed by atoms with Gasteiger partial charge in [0.2, 0.25) is 0 Å². The van der Waals surface area contributed by atoms with Crippen molar-refractivity contribution in [1.82, 2.24) is 0 Å². The molecule has 0 spiro atoms. The Morgan fingerprint density at radius 3 is 2.62 bits per heavy atom. The van der Waals surface area contributed by atoms with Gasteiger partial charge in [-0.1, -0.05) is 6.08 Å². The molecular formula is C9H14BrNO5. The highest BCUT2D eigenvalue weighted by Gasteiger charge is 2.48. The van der Waals surface area contributed by atoms with Crippen LogP contribution in [0.25, 0.3) is 0 Å². The van der Waals surface area contributed by atoms with Crippen LogP contribution in [0, 0.1) is 10.1 Å². The van der Waals surface area contributed by atoms with Crippen LogP contribution in [0.15, 0.2) is 12.7 Å². The second kappa shape index (κ2) is 4.79. The van der Waals surface area contributed by atoms with Crippen LogP contribution in [0.2, 0.25) is 0 Å². The number of rotatable bonds is 4. The second-order valence-electron chi connectivity index (χ2n) is 3.95. The Bertz CT molecular complexity index is 296. The van der Waals surface area contributed by atoms with E-state index in [1.165, 1.54) is 6.08 Å². The van der Waals surface area contributed by atoms with Crippen molar-refractivity contribution < 1.29 is 19.5 Å². The van der Waals surface area contributed by atoms with Gasteiger partial charge in [0, 0.05) is 4.92 Å². The van der Waals surface area contributed by atoms with E-state index < -0.39 is 34.0 Å². The molecule has 0 aromatic heterocycles. The van der Waals surface area contributed by atoms with E-state index in [9.17, 15) is 15.2 Å². The maximum absolute atomic E-state index is 10.5. The summed E-state index contributed by atoms with van der Waals surface area (Å²) in [4.78, 5) is 8.61. The van der Waals surface area contributed by atoms with Crippen molar-refractivity contribution in [2.75, 3.05) is 0 Å². The van der Waals surface area contributed by atoms with Gasteiger partial charge in [0.25, 0.3) is 4.95 Å². The van der Waals surface area contributed by atoms with Crippen molar-refractivity contribution in [2.45, 2.75) is 42.9 Å². The zero-order valence-electron chi connectivity index (χ0n) is 9.00. The third kappa shape index (κ3) is 2.79. The van der Waals surface area contributed by atoms with Gasteiger partial charge in [-0.25, -0.2) is 0 Å². The maximum Gasteiger partial charge on any atom is 0.293 e. The summed E-state index contributed by atoms with van der Waals surface area (Å²) in [5.41, 5.74) is 0. The van der Waals surface area contributed by atoms with E-state index in [0.717, 1.165) is 0 Å². The van der Waals surface area contributed by atoms with Crippen LogP contribution >= 0.6 is 15.9 Å². The number of ether oxygens (including phenoxy) is 2. The van der Waals surface area contributed by atoms with E-state index in [-0.39, 0.29) is 0 Å². The molecule has 0 saturated carbocycles. The lowest BCUT2D eigenvalue weighted by Crippen LogP contribution is -2.43. The molecule has 7 heteroatoms. The standard InChI is InChI=1S/C9H14BrNO5/c1-4-5-7(16-9(2,3)15-5)6(12)8(10)11(13)14/h4-8,12H,1H2,2-3H3/t5-,6-,7-,8+/m1/s1. The molecule has 1 heterocycles. The van der Waals surface area contributed by atoms with Gasteiger partial charge in [0.15, 0.2) is 11.9 Å². The molecule has 1 saturated heterocycles. The summed E-state index contributed by atoms with van der Waals surface area (Å²) in [5, 5.41) is 20.3. The summed E-state index contributed by atoms with van der Waals surface area (Å²) in [7, 11) is 0. The molecule has 1 fully saturated rings.